The summed E-state index contributed by atoms with van der Waals surface area (Å²) in [5.74, 6) is 0.0991. The van der Waals surface area contributed by atoms with Gasteiger partial charge in [-0.15, -0.1) is 0 Å². The van der Waals surface area contributed by atoms with Crippen molar-refractivity contribution in [1.29, 1.82) is 0 Å². The first-order valence-corrected chi connectivity index (χ1v) is 12.5. The molecular weight excluding hydrogens is 426 g/mol. The van der Waals surface area contributed by atoms with Crippen molar-refractivity contribution in [3.05, 3.63) is 53.6 Å². The van der Waals surface area contributed by atoms with Gasteiger partial charge in [-0.05, 0) is 68.0 Å². The van der Waals surface area contributed by atoms with Gasteiger partial charge in [0.2, 0.25) is 21.8 Å². The molecule has 170 valence electrons. The summed E-state index contributed by atoms with van der Waals surface area (Å²) >= 11 is 0. The van der Waals surface area contributed by atoms with Gasteiger partial charge in [0, 0.05) is 30.9 Å². The molecule has 2 amide bonds. The number of hydrogen-bond donors (Lipinski definition) is 1. The largest absolute Gasteiger partial charge is 0.325 e. The molecule has 0 bridgehead atoms. The normalized spacial score (nSPS) is 17.8. The Morgan fingerprint density at radius 1 is 1.06 bits per heavy atom. The number of hydrogen-bond acceptors (Lipinski definition) is 4. The van der Waals surface area contributed by atoms with Gasteiger partial charge in [-0.25, -0.2) is 8.42 Å². The molecule has 4 rings (SSSR count). The average molecular weight is 456 g/mol. The van der Waals surface area contributed by atoms with Gasteiger partial charge in [-0.1, -0.05) is 24.6 Å². The molecule has 1 N–H and O–H groups in total. The van der Waals surface area contributed by atoms with Gasteiger partial charge in [0.1, 0.15) is 6.54 Å². The minimum absolute atomic E-state index is 0.115. The molecule has 2 aliphatic rings. The van der Waals surface area contributed by atoms with Crippen LogP contribution in [-0.2, 0) is 26.0 Å². The third-order valence-corrected chi connectivity index (χ3v) is 8.16. The number of nitrogens with one attached hydrogen (secondary N) is 1. The molecular formula is C24H29N3O4S. The number of piperidine rings is 1. The number of sulfonamides is 1. The van der Waals surface area contributed by atoms with Gasteiger partial charge in [0.05, 0.1) is 4.90 Å². The lowest BCUT2D eigenvalue weighted by Gasteiger charge is -2.31. The van der Waals surface area contributed by atoms with Crippen molar-refractivity contribution in [2.75, 3.05) is 29.9 Å². The highest BCUT2D eigenvalue weighted by molar-refractivity contribution is 7.89. The fraction of sp³-hybridized carbons (Fsp3) is 0.417. The number of benzene rings is 2. The zero-order chi connectivity index (χ0) is 22.9. The summed E-state index contributed by atoms with van der Waals surface area (Å²) in [6.07, 6.45) is 2.44. The minimum atomic E-state index is -3.57. The Bertz CT molecular complexity index is 1120. The lowest BCUT2D eigenvalue weighted by molar-refractivity contribution is -0.121. The predicted molar refractivity (Wildman–Crippen MR) is 124 cm³/mol. The second-order valence-electron chi connectivity index (χ2n) is 8.77. The van der Waals surface area contributed by atoms with Crippen LogP contribution in [0.25, 0.3) is 0 Å². The monoisotopic (exact) mass is 455 g/mol. The number of fused-ring (bicyclic) bond motifs is 1. The first-order chi connectivity index (χ1) is 15.2. The number of rotatable bonds is 5. The number of carbonyl (C=O) groups is 2. The molecule has 2 aromatic carbocycles. The molecule has 0 radical (unpaired) electrons. The highest BCUT2D eigenvalue weighted by Gasteiger charge is 2.31. The Balaban J connectivity index is 1.52. The van der Waals surface area contributed by atoms with E-state index in [1.807, 2.05) is 31.2 Å². The molecule has 2 heterocycles. The van der Waals surface area contributed by atoms with Crippen LogP contribution in [0.5, 0.6) is 0 Å². The summed E-state index contributed by atoms with van der Waals surface area (Å²) in [7, 11) is -3.57. The zero-order valence-corrected chi connectivity index (χ0v) is 19.3. The van der Waals surface area contributed by atoms with Crippen molar-refractivity contribution >= 4 is 33.2 Å². The number of carbonyl (C=O) groups excluding carboxylic acids is 2. The third kappa shape index (κ3) is 4.71. The maximum atomic E-state index is 13.1. The number of aryl methyl sites for hydroxylation is 2. The summed E-state index contributed by atoms with van der Waals surface area (Å²) in [6.45, 7) is 5.06. The fourth-order valence-corrected chi connectivity index (χ4v) is 5.75. The Kier molecular flexibility index (Phi) is 6.35. The summed E-state index contributed by atoms with van der Waals surface area (Å²) in [5, 5.41) is 2.81. The van der Waals surface area contributed by atoms with E-state index in [4.69, 9.17) is 0 Å². The van der Waals surface area contributed by atoms with E-state index in [1.54, 1.807) is 22.5 Å². The SMILES string of the molecule is Cc1ccc(NC(=O)CN2C(=O)CCc3cc(S(=O)(=O)N4CCC(C)CC4)ccc32)cc1. The van der Waals surface area contributed by atoms with E-state index in [-0.39, 0.29) is 29.7 Å². The van der Waals surface area contributed by atoms with Gasteiger partial charge in [0.15, 0.2) is 0 Å². The Hall–Kier alpha value is -2.71. The van der Waals surface area contributed by atoms with Crippen molar-refractivity contribution in [3.63, 3.8) is 0 Å². The molecule has 32 heavy (non-hydrogen) atoms. The zero-order valence-electron chi connectivity index (χ0n) is 18.5. The molecule has 0 aliphatic carbocycles. The molecule has 8 heteroatoms. The van der Waals surface area contributed by atoms with E-state index in [2.05, 4.69) is 12.2 Å². The number of anilines is 2. The molecule has 0 saturated carbocycles. The van der Waals surface area contributed by atoms with Crippen molar-refractivity contribution < 1.29 is 18.0 Å². The quantitative estimate of drug-likeness (QED) is 0.749. The summed E-state index contributed by atoms with van der Waals surface area (Å²) in [6, 6.07) is 12.3. The molecule has 7 nitrogen and oxygen atoms in total. The second-order valence-corrected chi connectivity index (χ2v) is 10.7. The lowest BCUT2D eigenvalue weighted by atomic mass is 10.0. The fourth-order valence-electron chi connectivity index (χ4n) is 4.23. The van der Waals surface area contributed by atoms with Gasteiger partial charge in [-0.3, -0.25) is 9.59 Å². The van der Waals surface area contributed by atoms with Crippen LogP contribution in [0.2, 0.25) is 0 Å². The molecule has 2 aromatic rings. The summed E-state index contributed by atoms with van der Waals surface area (Å²) in [5.41, 5.74) is 3.14. The van der Waals surface area contributed by atoms with Crippen LogP contribution < -0.4 is 10.2 Å². The Labute approximate surface area is 189 Å². The topological polar surface area (TPSA) is 86.8 Å². The van der Waals surface area contributed by atoms with Crippen LogP contribution in [0, 0.1) is 12.8 Å². The van der Waals surface area contributed by atoms with Crippen LogP contribution >= 0.6 is 0 Å². The molecule has 0 spiro atoms. The molecule has 0 aromatic heterocycles. The van der Waals surface area contributed by atoms with E-state index in [9.17, 15) is 18.0 Å². The molecule has 0 atom stereocenters. The predicted octanol–water partition coefficient (Wildman–Crippen LogP) is 3.33. The standard InChI is InChI=1S/C24H29N3O4S/c1-17-3-6-20(7-4-17)25-23(28)16-27-22-9-8-21(15-19(22)5-10-24(27)29)32(30,31)26-13-11-18(2)12-14-26/h3-4,6-9,15,18H,5,10-14,16H2,1-2H3,(H,25,28). The van der Waals surface area contributed by atoms with Gasteiger partial charge in [0.25, 0.3) is 0 Å². The van der Waals surface area contributed by atoms with Crippen molar-refractivity contribution in [1.82, 2.24) is 4.31 Å². The molecule has 2 aliphatic heterocycles. The summed E-state index contributed by atoms with van der Waals surface area (Å²) < 4.78 is 27.8. The first-order valence-electron chi connectivity index (χ1n) is 11.0. The van der Waals surface area contributed by atoms with E-state index in [0.29, 0.717) is 36.8 Å². The number of amides is 2. The van der Waals surface area contributed by atoms with Crippen LogP contribution in [0.1, 0.15) is 37.3 Å². The second kappa shape index (κ2) is 9.03. The maximum Gasteiger partial charge on any atom is 0.244 e. The summed E-state index contributed by atoms with van der Waals surface area (Å²) in [4.78, 5) is 26.8. The van der Waals surface area contributed by atoms with Gasteiger partial charge < -0.3 is 10.2 Å². The van der Waals surface area contributed by atoms with Crippen LogP contribution in [-0.4, -0.2) is 44.2 Å². The minimum Gasteiger partial charge on any atom is -0.325 e. The van der Waals surface area contributed by atoms with Crippen molar-refractivity contribution in [3.8, 4) is 0 Å². The maximum absolute atomic E-state index is 13.1. The van der Waals surface area contributed by atoms with E-state index in [0.717, 1.165) is 24.0 Å². The molecule has 1 fully saturated rings. The third-order valence-electron chi connectivity index (χ3n) is 6.27. The van der Waals surface area contributed by atoms with Crippen LogP contribution in [0.3, 0.4) is 0 Å². The molecule has 1 saturated heterocycles. The lowest BCUT2D eigenvalue weighted by Crippen LogP contribution is -2.41. The highest BCUT2D eigenvalue weighted by atomic mass is 32.2. The van der Waals surface area contributed by atoms with Gasteiger partial charge in [-0.2, -0.15) is 4.31 Å². The smallest absolute Gasteiger partial charge is 0.244 e. The Morgan fingerprint density at radius 2 is 1.75 bits per heavy atom. The van der Waals surface area contributed by atoms with Crippen LogP contribution in [0.15, 0.2) is 47.4 Å². The van der Waals surface area contributed by atoms with Crippen molar-refractivity contribution in [2.24, 2.45) is 5.92 Å². The van der Waals surface area contributed by atoms with E-state index in [1.165, 1.54) is 4.90 Å². The molecule has 0 unspecified atom stereocenters. The first kappa shape index (κ1) is 22.5. The van der Waals surface area contributed by atoms with E-state index < -0.39 is 10.0 Å². The van der Waals surface area contributed by atoms with E-state index >= 15 is 0 Å². The van der Waals surface area contributed by atoms with Crippen LogP contribution in [0.4, 0.5) is 11.4 Å². The van der Waals surface area contributed by atoms with Crippen molar-refractivity contribution in [2.45, 2.75) is 44.4 Å². The highest BCUT2D eigenvalue weighted by Crippen LogP contribution is 2.32. The van der Waals surface area contributed by atoms with Gasteiger partial charge >= 0.3 is 0 Å². The Morgan fingerprint density at radius 3 is 2.44 bits per heavy atom. The number of nitrogens with zero attached hydrogens (tertiary/aromatic N) is 2. The average Bonchev–Trinajstić information content (AvgIpc) is 2.77.